The summed E-state index contributed by atoms with van der Waals surface area (Å²) < 4.78 is 22.0. The van der Waals surface area contributed by atoms with Crippen molar-refractivity contribution in [3.05, 3.63) is 39.8 Å². The summed E-state index contributed by atoms with van der Waals surface area (Å²) in [6.07, 6.45) is 0.467. The van der Waals surface area contributed by atoms with Crippen LogP contribution in [0, 0.1) is 0 Å². The first-order valence-corrected chi connectivity index (χ1v) is 10.9. The van der Waals surface area contributed by atoms with Crippen LogP contribution in [0.3, 0.4) is 0 Å². The van der Waals surface area contributed by atoms with Gasteiger partial charge in [0.1, 0.15) is 10.6 Å². The van der Waals surface area contributed by atoms with Crippen LogP contribution in [0.2, 0.25) is 0 Å². The molecule has 3 heterocycles. The molecule has 0 bridgehead atoms. The molecule has 0 aliphatic carbocycles. The normalized spacial score (nSPS) is 17.2. The number of nitrogens with one attached hydrogen (secondary N) is 1. The molecule has 1 atom stereocenters. The summed E-state index contributed by atoms with van der Waals surface area (Å²) in [5.41, 5.74) is 7.63. The van der Waals surface area contributed by atoms with Crippen LogP contribution < -0.4 is 20.5 Å². The molecule has 0 radical (unpaired) electrons. The topological polar surface area (TPSA) is 109 Å². The zero-order valence-corrected chi connectivity index (χ0v) is 18.6. The molecule has 0 spiro atoms. The second-order valence-electron chi connectivity index (χ2n) is 8.55. The third-order valence-electron chi connectivity index (χ3n) is 4.93. The van der Waals surface area contributed by atoms with Gasteiger partial charge >= 0.3 is 5.97 Å². The van der Waals surface area contributed by atoms with Crippen LogP contribution in [-0.4, -0.2) is 36.9 Å². The van der Waals surface area contributed by atoms with Crippen LogP contribution in [-0.2, 0) is 33.7 Å². The molecule has 0 saturated carbocycles. The molecule has 3 N–H and O–H groups in total. The quantitative estimate of drug-likeness (QED) is 0.680. The van der Waals surface area contributed by atoms with Gasteiger partial charge in [0.05, 0.1) is 24.7 Å². The highest BCUT2D eigenvalue weighted by atomic mass is 32.1. The Labute approximate surface area is 184 Å². The van der Waals surface area contributed by atoms with Crippen molar-refractivity contribution in [3.63, 3.8) is 0 Å². The molecule has 0 fully saturated rings. The fraction of sp³-hybridized carbons (Fsp3) is 0.455. The smallest absolute Gasteiger partial charge is 0.341 e. The first kappa shape index (κ1) is 21.5. The van der Waals surface area contributed by atoms with Gasteiger partial charge in [-0.25, -0.2) is 4.79 Å². The number of anilines is 1. The van der Waals surface area contributed by atoms with Crippen molar-refractivity contribution in [2.24, 2.45) is 0 Å². The lowest BCUT2D eigenvalue weighted by Crippen LogP contribution is -2.37. The second kappa shape index (κ2) is 8.39. The van der Waals surface area contributed by atoms with Crippen LogP contribution in [0.25, 0.3) is 0 Å². The van der Waals surface area contributed by atoms with Crippen LogP contribution in [0.1, 0.15) is 47.1 Å². The highest BCUT2D eigenvalue weighted by Gasteiger charge is 2.31. The van der Waals surface area contributed by atoms with Crippen molar-refractivity contribution in [1.29, 1.82) is 0 Å². The molecule has 8 nitrogen and oxygen atoms in total. The van der Waals surface area contributed by atoms with E-state index in [1.165, 1.54) is 11.3 Å². The third kappa shape index (κ3) is 4.94. The fourth-order valence-electron chi connectivity index (χ4n) is 3.56. The number of carbonyl (C=O) groups is 2. The summed E-state index contributed by atoms with van der Waals surface area (Å²) in [5.74, 6) is 0.796. The molecule has 2 aliphatic rings. The Bertz CT molecular complexity index is 1010. The Kier molecular flexibility index (Phi) is 5.81. The maximum atomic E-state index is 12.6. The number of thiophene rings is 1. The summed E-state index contributed by atoms with van der Waals surface area (Å²) in [4.78, 5) is 26.0. The van der Waals surface area contributed by atoms with E-state index in [-0.39, 0.29) is 25.2 Å². The van der Waals surface area contributed by atoms with Crippen molar-refractivity contribution >= 4 is 28.2 Å². The maximum Gasteiger partial charge on any atom is 0.341 e. The van der Waals surface area contributed by atoms with Gasteiger partial charge in [0, 0.05) is 17.8 Å². The van der Waals surface area contributed by atoms with Crippen molar-refractivity contribution < 1.29 is 28.5 Å². The maximum absolute atomic E-state index is 12.6. The number of nitrogen functional groups attached to an aromatic ring is 1. The number of benzene rings is 1. The van der Waals surface area contributed by atoms with Gasteiger partial charge in [-0.2, -0.15) is 0 Å². The summed E-state index contributed by atoms with van der Waals surface area (Å²) in [7, 11) is 0. The van der Waals surface area contributed by atoms with Gasteiger partial charge in [-0.3, -0.25) is 4.79 Å². The average molecular weight is 447 g/mol. The number of amides is 1. The second-order valence-corrected chi connectivity index (χ2v) is 9.69. The lowest BCUT2D eigenvalue weighted by atomic mass is 10.0. The molecule has 2 aliphatic heterocycles. The molecule has 4 rings (SSSR count). The number of fused-ring (bicyclic) bond motifs is 2. The first-order valence-electron chi connectivity index (χ1n) is 10.1. The fourth-order valence-corrected chi connectivity index (χ4v) is 4.57. The van der Waals surface area contributed by atoms with E-state index in [4.69, 9.17) is 24.7 Å². The van der Waals surface area contributed by atoms with Gasteiger partial charge in [0.2, 0.25) is 12.7 Å². The van der Waals surface area contributed by atoms with Crippen molar-refractivity contribution in [2.45, 2.75) is 51.9 Å². The van der Waals surface area contributed by atoms with E-state index in [1.54, 1.807) is 6.07 Å². The number of carbonyl (C=O) groups excluding carboxylic acids is 2. The molecule has 166 valence electrons. The molecule has 2 aromatic rings. The minimum absolute atomic E-state index is 0.120. The molecular formula is C22H26N2O6S. The van der Waals surface area contributed by atoms with Crippen LogP contribution in [0.5, 0.6) is 11.5 Å². The van der Waals surface area contributed by atoms with E-state index in [1.807, 2.05) is 32.9 Å². The van der Waals surface area contributed by atoms with Crippen molar-refractivity contribution in [3.8, 4) is 11.5 Å². The highest BCUT2D eigenvalue weighted by molar-refractivity contribution is 7.16. The minimum Gasteiger partial charge on any atom is -0.456 e. The minimum atomic E-state index is -0.606. The van der Waals surface area contributed by atoms with Crippen LogP contribution in [0.4, 0.5) is 5.00 Å². The Balaban J connectivity index is 1.36. The summed E-state index contributed by atoms with van der Waals surface area (Å²) in [5, 5.41) is 3.35. The Morgan fingerprint density at radius 3 is 2.81 bits per heavy atom. The van der Waals surface area contributed by atoms with Crippen molar-refractivity contribution in [2.75, 3.05) is 19.1 Å². The predicted molar refractivity (Wildman–Crippen MR) is 115 cm³/mol. The van der Waals surface area contributed by atoms with Gasteiger partial charge in [0.15, 0.2) is 11.5 Å². The SMILES string of the molecule is CC(C)(C)OC(=O)c1c(N)sc2c1CC(CNC(=O)Cc1ccc3c(c1)OCO3)OC2. The number of hydrogen-bond acceptors (Lipinski definition) is 8. The predicted octanol–water partition coefficient (Wildman–Crippen LogP) is 2.81. The number of ether oxygens (including phenoxy) is 4. The van der Waals surface area contributed by atoms with Crippen molar-refractivity contribution in [1.82, 2.24) is 5.32 Å². The van der Waals surface area contributed by atoms with Gasteiger partial charge in [0.25, 0.3) is 0 Å². The molecule has 9 heteroatoms. The van der Waals surface area contributed by atoms with Crippen LogP contribution >= 0.6 is 11.3 Å². The summed E-state index contributed by atoms with van der Waals surface area (Å²) in [6, 6.07) is 5.46. The Hall–Kier alpha value is -2.78. The van der Waals surface area contributed by atoms with E-state index in [2.05, 4.69) is 5.32 Å². The van der Waals surface area contributed by atoms with Gasteiger partial charge in [-0.05, 0) is 44.0 Å². The lowest BCUT2D eigenvalue weighted by molar-refractivity contribution is -0.121. The molecule has 1 aromatic heterocycles. The van der Waals surface area contributed by atoms with Gasteiger partial charge in [-0.15, -0.1) is 11.3 Å². The van der Waals surface area contributed by atoms with Crippen LogP contribution in [0.15, 0.2) is 18.2 Å². The summed E-state index contributed by atoms with van der Waals surface area (Å²) in [6.45, 7) is 6.36. The molecular weight excluding hydrogens is 420 g/mol. The first-order chi connectivity index (χ1) is 14.7. The third-order valence-corrected chi connectivity index (χ3v) is 5.97. The standard InChI is InChI=1S/C22H26N2O6S/c1-22(2,3)30-21(26)19-14-8-13(27-10-17(14)31-20(19)23)9-24-18(25)7-12-4-5-15-16(6-12)29-11-28-15/h4-6,13H,7-11,23H2,1-3H3,(H,24,25). The number of rotatable bonds is 5. The molecule has 31 heavy (non-hydrogen) atoms. The van der Waals surface area contributed by atoms with E-state index < -0.39 is 11.6 Å². The molecule has 1 aromatic carbocycles. The average Bonchev–Trinajstić information content (AvgIpc) is 3.27. The zero-order chi connectivity index (χ0) is 22.2. The summed E-state index contributed by atoms with van der Waals surface area (Å²) >= 11 is 1.35. The number of nitrogens with two attached hydrogens (primary N) is 1. The number of esters is 1. The lowest BCUT2D eigenvalue weighted by Gasteiger charge is -2.25. The zero-order valence-electron chi connectivity index (χ0n) is 17.8. The molecule has 1 amide bonds. The van der Waals surface area contributed by atoms with E-state index >= 15 is 0 Å². The largest absolute Gasteiger partial charge is 0.456 e. The molecule has 0 saturated heterocycles. The Morgan fingerprint density at radius 1 is 1.26 bits per heavy atom. The van der Waals surface area contributed by atoms with E-state index in [0.29, 0.717) is 41.6 Å². The van der Waals surface area contributed by atoms with E-state index in [0.717, 1.165) is 16.0 Å². The highest BCUT2D eigenvalue weighted by Crippen LogP contribution is 2.37. The van der Waals surface area contributed by atoms with E-state index in [9.17, 15) is 9.59 Å². The van der Waals surface area contributed by atoms with Gasteiger partial charge in [-0.1, -0.05) is 6.07 Å². The monoisotopic (exact) mass is 446 g/mol. The molecule has 1 unspecified atom stereocenters. The number of hydrogen-bond donors (Lipinski definition) is 2. The Morgan fingerprint density at radius 2 is 2.03 bits per heavy atom. The van der Waals surface area contributed by atoms with Gasteiger partial charge < -0.3 is 30.0 Å².